The summed E-state index contributed by atoms with van der Waals surface area (Å²) >= 11 is 0. The number of rotatable bonds is 4. The van der Waals surface area contributed by atoms with Gasteiger partial charge in [-0.2, -0.15) is 0 Å². The van der Waals surface area contributed by atoms with Crippen molar-refractivity contribution in [2.75, 3.05) is 6.54 Å². The second kappa shape index (κ2) is 6.24. The minimum absolute atomic E-state index is 0.111. The fourth-order valence-electron chi connectivity index (χ4n) is 2.67. The van der Waals surface area contributed by atoms with E-state index in [1.165, 1.54) is 19.3 Å². The Hall–Kier alpha value is -0.570. The number of carbonyl (C=O) groups is 1. The molecule has 0 bridgehead atoms. The second-order valence-corrected chi connectivity index (χ2v) is 5.51. The largest absolute Gasteiger partial charge is 0.353 e. The summed E-state index contributed by atoms with van der Waals surface area (Å²) in [5.41, 5.74) is 0. The molecule has 1 fully saturated rings. The molecule has 3 nitrogen and oxygen atoms in total. The van der Waals surface area contributed by atoms with Gasteiger partial charge in [-0.15, -0.1) is 0 Å². The van der Waals surface area contributed by atoms with Crippen LogP contribution in [0.4, 0.5) is 0 Å². The van der Waals surface area contributed by atoms with E-state index in [1.807, 2.05) is 13.8 Å². The van der Waals surface area contributed by atoms with Crippen LogP contribution in [0.1, 0.15) is 47.0 Å². The third kappa shape index (κ3) is 4.12. The predicted octanol–water partition coefficient (Wildman–Crippen LogP) is 1.93. The number of nitrogens with one attached hydrogen (secondary N) is 2. The molecular formula is C13H26N2O. The number of hydrogen-bond donors (Lipinski definition) is 2. The maximum atomic E-state index is 11.5. The van der Waals surface area contributed by atoms with Crippen LogP contribution in [0.15, 0.2) is 0 Å². The van der Waals surface area contributed by atoms with Gasteiger partial charge in [-0.1, -0.05) is 20.3 Å². The molecule has 94 valence electrons. The lowest BCUT2D eigenvalue weighted by Crippen LogP contribution is -2.47. The van der Waals surface area contributed by atoms with Crippen LogP contribution in [0.2, 0.25) is 0 Å². The normalized spacial score (nSPS) is 30.4. The molecule has 1 aliphatic rings. The molecular weight excluding hydrogens is 200 g/mol. The number of hydrogen-bond acceptors (Lipinski definition) is 2. The van der Waals surface area contributed by atoms with Gasteiger partial charge in [-0.3, -0.25) is 4.79 Å². The topological polar surface area (TPSA) is 41.1 Å². The van der Waals surface area contributed by atoms with Gasteiger partial charge in [0.1, 0.15) is 0 Å². The zero-order valence-corrected chi connectivity index (χ0v) is 11.0. The molecule has 2 N–H and O–H groups in total. The van der Waals surface area contributed by atoms with Gasteiger partial charge in [0.05, 0.1) is 6.54 Å². The lowest BCUT2D eigenvalue weighted by molar-refractivity contribution is -0.121. The molecule has 2 atom stereocenters. The quantitative estimate of drug-likeness (QED) is 0.769. The molecule has 2 unspecified atom stereocenters. The van der Waals surface area contributed by atoms with Gasteiger partial charge in [0, 0.05) is 12.1 Å². The first-order valence-electron chi connectivity index (χ1n) is 6.53. The maximum absolute atomic E-state index is 11.5. The van der Waals surface area contributed by atoms with Gasteiger partial charge < -0.3 is 10.6 Å². The average molecular weight is 226 g/mol. The molecule has 16 heavy (non-hydrogen) atoms. The molecule has 0 saturated heterocycles. The Kier molecular flexibility index (Phi) is 5.26. The van der Waals surface area contributed by atoms with Gasteiger partial charge >= 0.3 is 0 Å². The smallest absolute Gasteiger partial charge is 0.234 e. The Morgan fingerprint density at radius 3 is 2.31 bits per heavy atom. The van der Waals surface area contributed by atoms with Crippen molar-refractivity contribution in [3.63, 3.8) is 0 Å². The highest BCUT2D eigenvalue weighted by molar-refractivity contribution is 5.78. The van der Waals surface area contributed by atoms with E-state index >= 15 is 0 Å². The highest BCUT2D eigenvalue weighted by atomic mass is 16.1. The summed E-state index contributed by atoms with van der Waals surface area (Å²) in [5, 5.41) is 6.32. The van der Waals surface area contributed by atoms with Crippen LogP contribution in [0.5, 0.6) is 0 Å². The fraction of sp³-hybridized carbons (Fsp3) is 0.923. The second-order valence-electron chi connectivity index (χ2n) is 5.51. The monoisotopic (exact) mass is 226 g/mol. The van der Waals surface area contributed by atoms with Crippen molar-refractivity contribution in [2.24, 2.45) is 11.8 Å². The van der Waals surface area contributed by atoms with Crippen LogP contribution >= 0.6 is 0 Å². The van der Waals surface area contributed by atoms with Crippen molar-refractivity contribution in [1.82, 2.24) is 10.6 Å². The van der Waals surface area contributed by atoms with Gasteiger partial charge in [0.15, 0.2) is 0 Å². The van der Waals surface area contributed by atoms with Crippen LogP contribution in [-0.2, 0) is 4.79 Å². The summed E-state index contributed by atoms with van der Waals surface area (Å²) in [6.45, 7) is 9.01. The van der Waals surface area contributed by atoms with E-state index in [1.54, 1.807) is 0 Å². The minimum Gasteiger partial charge on any atom is -0.353 e. The Morgan fingerprint density at radius 1 is 1.25 bits per heavy atom. The SMILES string of the molecule is CC(C)NC(=O)CNC1C(C)CCCC1C. The first kappa shape index (κ1) is 13.5. The Labute approximate surface area is 99.4 Å². The van der Waals surface area contributed by atoms with E-state index in [0.29, 0.717) is 24.4 Å². The average Bonchev–Trinajstić information content (AvgIpc) is 2.15. The van der Waals surface area contributed by atoms with Crippen LogP contribution in [0.25, 0.3) is 0 Å². The van der Waals surface area contributed by atoms with Crippen molar-refractivity contribution in [1.29, 1.82) is 0 Å². The minimum atomic E-state index is 0.111. The summed E-state index contributed by atoms with van der Waals surface area (Å²) in [4.78, 5) is 11.5. The summed E-state index contributed by atoms with van der Waals surface area (Å²) in [7, 11) is 0. The molecule has 3 heteroatoms. The van der Waals surface area contributed by atoms with Crippen molar-refractivity contribution < 1.29 is 4.79 Å². The highest BCUT2D eigenvalue weighted by Gasteiger charge is 2.27. The molecule has 0 spiro atoms. The van der Waals surface area contributed by atoms with Crippen molar-refractivity contribution >= 4 is 5.91 Å². The van der Waals surface area contributed by atoms with Crippen LogP contribution < -0.4 is 10.6 Å². The van der Waals surface area contributed by atoms with E-state index in [2.05, 4.69) is 24.5 Å². The third-order valence-corrected chi connectivity index (χ3v) is 3.49. The first-order chi connectivity index (χ1) is 7.50. The molecule has 0 aliphatic heterocycles. The summed E-state index contributed by atoms with van der Waals surface area (Å²) in [5.74, 6) is 1.49. The van der Waals surface area contributed by atoms with E-state index in [-0.39, 0.29) is 11.9 Å². The van der Waals surface area contributed by atoms with E-state index in [0.717, 1.165) is 0 Å². The molecule has 0 radical (unpaired) electrons. The molecule has 0 heterocycles. The van der Waals surface area contributed by atoms with E-state index in [9.17, 15) is 4.79 Å². The molecule has 1 aliphatic carbocycles. The van der Waals surface area contributed by atoms with Crippen molar-refractivity contribution in [3.05, 3.63) is 0 Å². The lowest BCUT2D eigenvalue weighted by atomic mass is 9.79. The van der Waals surface area contributed by atoms with Crippen molar-refractivity contribution in [3.8, 4) is 0 Å². The van der Waals surface area contributed by atoms with Crippen molar-refractivity contribution in [2.45, 2.75) is 59.0 Å². The molecule has 0 aromatic rings. The van der Waals surface area contributed by atoms with E-state index in [4.69, 9.17) is 0 Å². The highest BCUT2D eigenvalue weighted by Crippen LogP contribution is 2.28. The zero-order chi connectivity index (χ0) is 12.1. The zero-order valence-electron chi connectivity index (χ0n) is 11.0. The van der Waals surface area contributed by atoms with Crippen LogP contribution in [-0.4, -0.2) is 24.5 Å². The Morgan fingerprint density at radius 2 is 1.81 bits per heavy atom. The standard InChI is InChI=1S/C13H26N2O/c1-9(2)15-12(16)8-14-13-10(3)6-5-7-11(13)4/h9-11,13-14H,5-8H2,1-4H3,(H,15,16). The number of carbonyl (C=O) groups excluding carboxylic acids is 1. The maximum Gasteiger partial charge on any atom is 0.234 e. The number of amides is 1. The predicted molar refractivity (Wildman–Crippen MR) is 67.2 cm³/mol. The van der Waals surface area contributed by atoms with Gasteiger partial charge in [0.2, 0.25) is 5.91 Å². The first-order valence-corrected chi connectivity index (χ1v) is 6.53. The third-order valence-electron chi connectivity index (χ3n) is 3.49. The Balaban J connectivity index is 2.32. The van der Waals surface area contributed by atoms with Gasteiger partial charge in [-0.25, -0.2) is 0 Å². The van der Waals surface area contributed by atoms with Gasteiger partial charge in [-0.05, 0) is 38.5 Å². The molecule has 1 rings (SSSR count). The summed E-state index contributed by atoms with van der Waals surface area (Å²) in [6.07, 6.45) is 3.90. The molecule has 0 aromatic carbocycles. The Bertz CT molecular complexity index is 218. The molecule has 1 saturated carbocycles. The lowest BCUT2D eigenvalue weighted by Gasteiger charge is -2.35. The van der Waals surface area contributed by atoms with Crippen LogP contribution in [0, 0.1) is 11.8 Å². The summed E-state index contributed by atoms with van der Waals surface area (Å²) < 4.78 is 0. The molecule has 1 amide bonds. The van der Waals surface area contributed by atoms with E-state index < -0.39 is 0 Å². The van der Waals surface area contributed by atoms with Crippen LogP contribution in [0.3, 0.4) is 0 Å². The molecule has 0 aromatic heterocycles. The van der Waals surface area contributed by atoms with Gasteiger partial charge in [0.25, 0.3) is 0 Å². The fourth-order valence-corrected chi connectivity index (χ4v) is 2.67. The summed E-state index contributed by atoms with van der Waals surface area (Å²) in [6, 6.07) is 0.738.